The monoisotopic (exact) mass is 96.0 g/mol. The minimum Gasteiger partial charge on any atom is -1.00 e. The highest BCUT2D eigenvalue weighted by molar-refractivity contribution is 5.62. The Labute approximate surface area is 37.7 Å². The van der Waals surface area contributed by atoms with E-state index in [9.17, 15) is 0 Å². The largest absolute Gasteiger partial charge is 1.00 e. The van der Waals surface area contributed by atoms with E-state index in [0.29, 0.717) is 0 Å². The number of carbonyl (C=O) groups is 1. The highest BCUT2D eigenvalue weighted by atomic mass is 35.5. The van der Waals surface area contributed by atoms with Gasteiger partial charge in [0.25, 0.3) is 5.97 Å². The van der Waals surface area contributed by atoms with Gasteiger partial charge in [0.05, 0.1) is 0 Å². The number of aliphatic carboxylic acids is 1. The maximum Gasteiger partial charge on any atom is 1.00 e. The second-order valence-corrected chi connectivity index (χ2v) is 0.519. The Morgan fingerprint density at radius 3 is 2.00 bits per heavy atom. The second-order valence-electron chi connectivity index (χ2n) is 0.519. The van der Waals surface area contributed by atoms with Gasteiger partial charge in [-0.1, -0.05) is 0 Å². The Morgan fingerprint density at radius 2 is 2.00 bits per heavy atom. The van der Waals surface area contributed by atoms with Crippen molar-refractivity contribution in [2.75, 3.05) is 0 Å². The van der Waals surface area contributed by atoms with E-state index in [4.69, 9.17) is 9.90 Å². The van der Waals surface area contributed by atoms with Crippen LogP contribution in [0, 0.1) is 0 Å². The van der Waals surface area contributed by atoms with Crippen molar-refractivity contribution in [2.45, 2.75) is 6.92 Å². The summed E-state index contributed by atoms with van der Waals surface area (Å²) in [4.78, 5) is 9.00. The molecule has 0 radical (unpaired) electrons. The molecule has 0 amide bonds. The lowest BCUT2D eigenvalue weighted by Gasteiger charge is -1.59. The first-order chi connectivity index (χ1) is 1.73. The smallest absolute Gasteiger partial charge is 1.00 e. The quantitative estimate of drug-likeness (QED) is 0.354. The standard InChI is InChI=1S/C2H4O2.ClH/c1-2(3)4;/h1H3,(H,3,4);1H. The van der Waals surface area contributed by atoms with Gasteiger partial charge >= 0.3 is 1.43 Å². The van der Waals surface area contributed by atoms with Gasteiger partial charge in [-0.2, -0.15) is 0 Å². The Bertz CT molecular complexity index is 34.5. The van der Waals surface area contributed by atoms with Crippen LogP contribution in [-0.4, -0.2) is 11.1 Å². The predicted octanol–water partition coefficient (Wildman–Crippen LogP) is -2.79. The maximum absolute atomic E-state index is 9.00. The van der Waals surface area contributed by atoms with Crippen LogP contribution in [0.3, 0.4) is 0 Å². The minimum atomic E-state index is -0.833. The van der Waals surface area contributed by atoms with E-state index in [1.54, 1.807) is 0 Å². The van der Waals surface area contributed by atoms with Crippen LogP contribution in [0.25, 0.3) is 0 Å². The van der Waals surface area contributed by atoms with Gasteiger partial charge in [0.2, 0.25) is 0 Å². The lowest BCUT2D eigenvalue weighted by Crippen LogP contribution is -3.00. The molecule has 0 saturated heterocycles. The van der Waals surface area contributed by atoms with E-state index in [0.717, 1.165) is 6.92 Å². The van der Waals surface area contributed by atoms with Crippen LogP contribution in [-0.2, 0) is 4.79 Å². The number of hydrogen-bond donors (Lipinski definition) is 1. The number of hydrogen-bond acceptors (Lipinski definition) is 1. The molecular formula is C2H5ClO2. The summed E-state index contributed by atoms with van der Waals surface area (Å²) in [5.41, 5.74) is 0. The first-order valence-electron chi connectivity index (χ1n) is 0.928. The molecule has 0 saturated carbocycles. The molecule has 32 valence electrons. The zero-order valence-corrected chi connectivity index (χ0v) is 3.49. The van der Waals surface area contributed by atoms with Crippen molar-refractivity contribution in [2.24, 2.45) is 0 Å². The first kappa shape index (κ1) is 8.83. The SMILES string of the molecule is CC(=O)O.[Cl-].[H+]. The highest BCUT2D eigenvalue weighted by Crippen LogP contribution is 1.42. The van der Waals surface area contributed by atoms with Crippen molar-refractivity contribution in [3.05, 3.63) is 0 Å². The molecule has 0 bridgehead atoms. The third kappa shape index (κ3) is 202. The molecule has 0 spiro atoms. The molecule has 3 heteroatoms. The Kier molecular flexibility index (Phi) is 6.64. The molecule has 0 aromatic heterocycles. The molecule has 1 N–H and O–H groups in total. The number of carboxylic acids is 1. The van der Waals surface area contributed by atoms with Crippen molar-refractivity contribution in [1.82, 2.24) is 0 Å². The maximum atomic E-state index is 9.00. The molecule has 0 aliphatic carbocycles. The van der Waals surface area contributed by atoms with Crippen LogP contribution < -0.4 is 12.4 Å². The average Bonchev–Trinajstić information content (AvgIpc) is 0.811. The van der Waals surface area contributed by atoms with Crippen LogP contribution in [0.2, 0.25) is 0 Å². The normalized spacial score (nSPS) is 5.00. The van der Waals surface area contributed by atoms with Gasteiger partial charge in [0, 0.05) is 6.92 Å². The molecule has 0 unspecified atom stereocenters. The zero-order chi connectivity index (χ0) is 3.58. The summed E-state index contributed by atoms with van der Waals surface area (Å²) in [6, 6.07) is 0. The van der Waals surface area contributed by atoms with E-state index in [-0.39, 0.29) is 13.8 Å². The fraction of sp³-hybridized carbons (Fsp3) is 0.500. The molecule has 0 aliphatic heterocycles. The van der Waals surface area contributed by atoms with Gasteiger partial charge in [-0.05, 0) is 0 Å². The van der Waals surface area contributed by atoms with Crippen LogP contribution in [0.5, 0.6) is 0 Å². The van der Waals surface area contributed by atoms with Gasteiger partial charge in [-0.15, -0.1) is 0 Å². The van der Waals surface area contributed by atoms with Gasteiger partial charge in [-0.3, -0.25) is 4.79 Å². The topological polar surface area (TPSA) is 37.3 Å². The molecular weight excluding hydrogens is 91.5 g/mol. The van der Waals surface area contributed by atoms with Crippen molar-refractivity contribution < 1.29 is 23.7 Å². The molecule has 0 fully saturated rings. The second kappa shape index (κ2) is 3.76. The summed E-state index contributed by atoms with van der Waals surface area (Å²) in [6.45, 7) is 1.08. The third-order valence-electron chi connectivity index (χ3n) is 0. The summed E-state index contributed by atoms with van der Waals surface area (Å²) in [5, 5.41) is 7.42. The van der Waals surface area contributed by atoms with Gasteiger partial charge in [0.1, 0.15) is 0 Å². The first-order valence-corrected chi connectivity index (χ1v) is 0.928. The minimum absolute atomic E-state index is 0. The van der Waals surface area contributed by atoms with Crippen LogP contribution in [0.1, 0.15) is 8.35 Å². The predicted molar refractivity (Wildman–Crippen MR) is 14.4 cm³/mol. The Morgan fingerprint density at radius 1 is 2.00 bits per heavy atom. The summed E-state index contributed by atoms with van der Waals surface area (Å²) >= 11 is 0. The van der Waals surface area contributed by atoms with E-state index in [2.05, 4.69) is 0 Å². The van der Waals surface area contributed by atoms with Gasteiger partial charge in [0.15, 0.2) is 0 Å². The van der Waals surface area contributed by atoms with E-state index < -0.39 is 5.97 Å². The summed E-state index contributed by atoms with van der Waals surface area (Å²) in [5.74, 6) is -0.833. The summed E-state index contributed by atoms with van der Waals surface area (Å²) in [7, 11) is 0. The fourth-order valence-corrected chi connectivity index (χ4v) is 0. The Balaban J connectivity index is -0.0000000450. The third-order valence-corrected chi connectivity index (χ3v) is 0. The lowest BCUT2D eigenvalue weighted by molar-refractivity contribution is -0.134. The van der Waals surface area contributed by atoms with Crippen molar-refractivity contribution in [3.8, 4) is 0 Å². The molecule has 0 atom stereocenters. The van der Waals surface area contributed by atoms with E-state index in [1.165, 1.54) is 0 Å². The summed E-state index contributed by atoms with van der Waals surface area (Å²) in [6.07, 6.45) is 0. The van der Waals surface area contributed by atoms with E-state index >= 15 is 0 Å². The molecule has 0 heterocycles. The number of carboxylic acid groups (broad SMARTS) is 1. The molecule has 0 aromatic rings. The fourth-order valence-electron chi connectivity index (χ4n) is 0. The zero-order valence-electron chi connectivity index (χ0n) is 3.73. The van der Waals surface area contributed by atoms with Crippen molar-refractivity contribution in [1.29, 1.82) is 0 Å². The summed E-state index contributed by atoms with van der Waals surface area (Å²) < 4.78 is 0. The molecule has 2 nitrogen and oxygen atoms in total. The lowest BCUT2D eigenvalue weighted by atomic mass is 10.9. The highest BCUT2D eigenvalue weighted by Gasteiger charge is 1.65. The van der Waals surface area contributed by atoms with Crippen LogP contribution in [0.15, 0.2) is 0 Å². The van der Waals surface area contributed by atoms with Gasteiger partial charge in [-0.25, -0.2) is 0 Å². The number of rotatable bonds is 0. The molecule has 5 heavy (non-hydrogen) atoms. The number of halogens is 1. The molecule has 0 rings (SSSR count). The van der Waals surface area contributed by atoms with Gasteiger partial charge < -0.3 is 17.5 Å². The van der Waals surface area contributed by atoms with E-state index in [1.807, 2.05) is 0 Å². The molecule has 0 aromatic carbocycles. The molecule has 0 aliphatic rings. The van der Waals surface area contributed by atoms with Crippen molar-refractivity contribution >= 4 is 5.97 Å². The van der Waals surface area contributed by atoms with Crippen molar-refractivity contribution in [3.63, 3.8) is 0 Å². The average molecular weight is 96.5 g/mol. The Hall–Kier alpha value is -0.240. The van der Waals surface area contributed by atoms with Crippen LogP contribution >= 0.6 is 0 Å². The van der Waals surface area contributed by atoms with Crippen LogP contribution in [0.4, 0.5) is 0 Å².